The van der Waals surface area contributed by atoms with E-state index in [1.807, 2.05) is 54.6 Å². The first kappa shape index (κ1) is 18.7. The van der Waals surface area contributed by atoms with Crippen LogP contribution in [0.1, 0.15) is 30.6 Å². The zero-order valence-corrected chi connectivity index (χ0v) is 15.9. The summed E-state index contributed by atoms with van der Waals surface area (Å²) >= 11 is 0. The molecule has 0 fully saturated rings. The van der Waals surface area contributed by atoms with Crippen LogP contribution in [0.2, 0.25) is 0 Å². The van der Waals surface area contributed by atoms with Crippen molar-refractivity contribution in [3.05, 3.63) is 66.4 Å². The third-order valence-corrected chi connectivity index (χ3v) is 4.25. The monoisotopic (exact) mass is 364 g/mol. The zero-order chi connectivity index (χ0) is 19.2. The van der Waals surface area contributed by atoms with Crippen molar-refractivity contribution in [3.63, 3.8) is 0 Å². The maximum Gasteiger partial charge on any atom is 0.342 e. The Hall–Kier alpha value is -3.08. The van der Waals surface area contributed by atoms with E-state index in [-0.39, 0.29) is 5.97 Å². The molecule has 0 saturated carbocycles. The van der Waals surface area contributed by atoms with E-state index in [4.69, 9.17) is 9.47 Å². The van der Waals surface area contributed by atoms with Gasteiger partial charge in [0, 0.05) is 11.8 Å². The van der Waals surface area contributed by atoms with E-state index in [2.05, 4.69) is 18.9 Å². The normalized spacial score (nSPS) is 10.8. The third-order valence-electron chi connectivity index (χ3n) is 4.25. The van der Waals surface area contributed by atoms with Gasteiger partial charge in [0.2, 0.25) is 0 Å². The molecule has 1 heterocycles. The van der Waals surface area contributed by atoms with Gasteiger partial charge >= 0.3 is 5.97 Å². The minimum absolute atomic E-state index is 0.358. The van der Waals surface area contributed by atoms with Crippen LogP contribution in [0.15, 0.2) is 60.8 Å². The van der Waals surface area contributed by atoms with Gasteiger partial charge in [0.1, 0.15) is 17.0 Å². The fourth-order valence-corrected chi connectivity index (χ4v) is 2.66. The topological polar surface area (TPSA) is 53.4 Å². The number of ether oxygens (including phenoxy) is 2. The van der Waals surface area contributed by atoms with E-state index >= 15 is 0 Å². The van der Waals surface area contributed by atoms with Gasteiger partial charge in [0.05, 0.1) is 19.4 Å². The number of carbonyl (C=O) groups is 1. The molecule has 3 rings (SSSR count). The van der Waals surface area contributed by atoms with E-state index in [1.54, 1.807) is 18.0 Å². The Morgan fingerprint density at radius 2 is 1.78 bits per heavy atom. The first-order valence-electron chi connectivity index (χ1n) is 9.05. The number of rotatable bonds is 7. The summed E-state index contributed by atoms with van der Waals surface area (Å²) in [5.74, 6) is 0.872. The van der Waals surface area contributed by atoms with Gasteiger partial charge in [-0.2, -0.15) is 5.10 Å². The molecular formula is C22H24N2O3. The molecule has 5 heteroatoms. The molecule has 140 valence electrons. The SMILES string of the molecule is COc1ccc(-c2nn(-c3ccccc3)cc2C(=O)OCCC(C)C)cc1. The Bertz CT molecular complexity index is 884. The predicted octanol–water partition coefficient (Wildman–Crippen LogP) is 4.75. The van der Waals surface area contributed by atoms with Gasteiger partial charge in [0.25, 0.3) is 0 Å². The summed E-state index contributed by atoms with van der Waals surface area (Å²) in [7, 11) is 1.62. The Balaban J connectivity index is 1.96. The van der Waals surface area contributed by atoms with Gasteiger partial charge < -0.3 is 9.47 Å². The molecule has 0 aliphatic heterocycles. The second kappa shape index (κ2) is 8.54. The summed E-state index contributed by atoms with van der Waals surface area (Å²) in [5, 5.41) is 4.65. The molecule has 2 aromatic carbocycles. The zero-order valence-electron chi connectivity index (χ0n) is 15.9. The second-order valence-electron chi connectivity index (χ2n) is 6.72. The molecule has 0 spiro atoms. The standard InChI is InChI=1S/C22H24N2O3/c1-16(2)13-14-27-22(25)20-15-24(18-7-5-4-6-8-18)23-21(20)17-9-11-19(26-3)12-10-17/h4-12,15-16H,13-14H2,1-3H3. The van der Waals surface area contributed by atoms with Crippen LogP contribution >= 0.6 is 0 Å². The Morgan fingerprint density at radius 3 is 2.41 bits per heavy atom. The van der Waals surface area contributed by atoms with Crippen LogP contribution < -0.4 is 4.74 Å². The smallest absolute Gasteiger partial charge is 0.342 e. The van der Waals surface area contributed by atoms with E-state index in [9.17, 15) is 4.79 Å². The van der Waals surface area contributed by atoms with E-state index in [1.165, 1.54) is 0 Å². The van der Waals surface area contributed by atoms with Gasteiger partial charge in [0.15, 0.2) is 0 Å². The minimum atomic E-state index is -0.358. The number of esters is 1. The number of hydrogen-bond donors (Lipinski definition) is 0. The maximum atomic E-state index is 12.7. The van der Waals surface area contributed by atoms with Crippen molar-refractivity contribution in [1.29, 1.82) is 0 Å². The predicted molar refractivity (Wildman–Crippen MR) is 105 cm³/mol. The van der Waals surface area contributed by atoms with Gasteiger partial charge in [-0.1, -0.05) is 32.0 Å². The molecule has 0 unspecified atom stereocenters. The lowest BCUT2D eigenvalue weighted by Crippen LogP contribution is -2.08. The van der Waals surface area contributed by atoms with E-state index in [0.29, 0.717) is 23.8 Å². The fourth-order valence-electron chi connectivity index (χ4n) is 2.66. The van der Waals surface area contributed by atoms with Crippen LogP contribution in [0, 0.1) is 5.92 Å². The second-order valence-corrected chi connectivity index (χ2v) is 6.72. The minimum Gasteiger partial charge on any atom is -0.497 e. The lowest BCUT2D eigenvalue weighted by atomic mass is 10.1. The van der Waals surface area contributed by atoms with Crippen molar-refractivity contribution in [2.45, 2.75) is 20.3 Å². The molecule has 0 amide bonds. The molecule has 0 bridgehead atoms. The maximum absolute atomic E-state index is 12.7. The summed E-state index contributed by atoms with van der Waals surface area (Å²) < 4.78 is 12.4. The molecule has 5 nitrogen and oxygen atoms in total. The molecule has 1 aromatic heterocycles. The molecule has 0 aliphatic rings. The first-order chi connectivity index (χ1) is 13.1. The lowest BCUT2D eigenvalue weighted by molar-refractivity contribution is 0.0489. The highest BCUT2D eigenvalue weighted by Crippen LogP contribution is 2.26. The average Bonchev–Trinajstić information content (AvgIpc) is 3.14. The van der Waals surface area contributed by atoms with Crippen molar-refractivity contribution in [2.24, 2.45) is 5.92 Å². The van der Waals surface area contributed by atoms with E-state index in [0.717, 1.165) is 23.4 Å². The number of para-hydroxylation sites is 1. The summed E-state index contributed by atoms with van der Waals surface area (Å²) in [4.78, 5) is 12.7. The molecule has 27 heavy (non-hydrogen) atoms. The molecule has 0 saturated heterocycles. The van der Waals surface area contributed by atoms with Gasteiger partial charge in [-0.15, -0.1) is 0 Å². The van der Waals surface area contributed by atoms with Crippen molar-refractivity contribution >= 4 is 5.97 Å². The number of aromatic nitrogens is 2. The third kappa shape index (κ3) is 4.56. The number of nitrogens with zero attached hydrogens (tertiary/aromatic N) is 2. The van der Waals surface area contributed by atoms with E-state index < -0.39 is 0 Å². The number of hydrogen-bond acceptors (Lipinski definition) is 4. The molecule has 0 radical (unpaired) electrons. The number of benzene rings is 2. The van der Waals surface area contributed by atoms with Crippen LogP contribution in [0.5, 0.6) is 5.75 Å². The molecule has 3 aromatic rings. The van der Waals surface area contributed by atoms with Gasteiger partial charge in [-0.25, -0.2) is 9.48 Å². The molecular weight excluding hydrogens is 340 g/mol. The average molecular weight is 364 g/mol. The largest absolute Gasteiger partial charge is 0.497 e. The summed E-state index contributed by atoms with van der Waals surface area (Å²) in [6.07, 6.45) is 2.56. The van der Waals surface area contributed by atoms with Crippen LogP contribution in [-0.4, -0.2) is 29.5 Å². The van der Waals surface area contributed by atoms with Crippen molar-refractivity contribution in [2.75, 3.05) is 13.7 Å². The Morgan fingerprint density at radius 1 is 1.07 bits per heavy atom. The van der Waals surface area contributed by atoms with Crippen molar-refractivity contribution in [3.8, 4) is 22.7 Å². The Kier molecular flexibility index (Phi) is 5.91. The first-order valence-corrected chi connectivity index (χ1v) is 9.05. The van der Waals surface area contributed by atoms with Crippen molar-refractivity contribution < 1.29 is 14.3 Å². The highest BCUT2D eigenvalue weighted by atomic mass is 16.5. The lowest BCUT2D eigenvalue weighted by Gasteiger charge is -2.07. The summed E-state index contributed by atoms with van der Waals surface area (Å²) in [6, 6.07) is 17.2. The number of methoxy groups -OCH3 is 1. The quantitative estimate of drug-likeness (QED) is 0.568. The van der Waals surface area contributed by atoms with Crippen LogP contribution in [-0.2, 0) is 4.74 Å². The summed E-state index contributed by atoms with van der Waals surface area (Å²) in [6.45, 7) is 4.60. The highest BCUT2D eigenvalue weighted by molar-refractivity contribution is 5.96. The fraction of sp³-hybridized carbons (Fsp3) is 0.273. The highest BCUT2D eigenvalue weighted by Gasteiger charge is 2.20. The molecule has 0 aliphatic carbocycles. The molecule has 0 N–H and O–H groups in total. The number of carbonyl (C=O) groups excluding carboxylic acids is 1. The van der Waals surface area contributed by atoms with Crippen LogP contribution in [0.3, 0.4) is 0 Å². The van der Waals surface area contributed by atoms with Crippen LogP contribution in [0.25, 0.3) is 16.9 Å². The van der Waals surface area contributed by atoms with Crippen molar-refractivity contribution in [1.82, 2.24) is 9.78 Å². The molecule has 0 atom stereocenters. The Labute approximate surface area is 159 Å². The van der Waals surface area contributed by atoms with Gasteiger partial charge in [-0.3, -0.25) is 0 Å². The van der Waals surface area contributed by atoms with Crippen LogP contribution in [0.4, 0.5) is 0 Å². The van der Waals surface area contributed by atoms with Gasteiger partial charge in [-0.05, 0) is 48.7 Å². The summed E-state index contributed by atoms with van der Waals surface area (Å²) in [5.41, 5.74) is 2.76.